The maximum atomic E-state index is 11.0. The van der Waals surface area contributed by atoms with Gasteiger partial charge in [0.15, 0.2) is 4.34 Å². The van der Waals surface area contributed by atoms with E-state index in [-0.39, 0.29) is 0 Å². The number of benzene rings is 1. The van der Waals surface area contributed by atoms with Crippen molar-refractivity contribution >= 4 is 45.5 Å². The quantitative estimate of drug-likeness (QED) is 0.587. The van der Waals surface area contributed by atoms with Crippen molar-refractivity contribution in [1.29, 1.82) is 0 Å². The topological polar surface area (TPSA) is 80.9 Å². The van der Waals surface area contributed by atoms with Crippen molar-refractivity contribution in [2.24, 2.45) is 5.73 Å². The van der Waals surface area contributed by atoms with Gasteiger partial charge in [0.05, 0.1) is 0 Å². The summed E-state index contributed by atoms with van der Waals surface area (Å²) < 4.78 is 0.924. The van der Waals surface area contributed by atoms with Crippen LogP contribution in [0.25, 0.3) is 0 Å². The second-order valence-corrected chi connectivity index (χ2v) is 8.21. The van der Waals surface area contributed by atoms with Crippen LogP contribution in [0, 0.1) is 0 Å². The molecule has 1 amide bonds. The molecule has 0 saturated heterocycles. The number of carbonyl (C=O) groups excluding carboxylic acids is 1. The minimum atomic E-state index is -0.406. The molecular weight excluding hydrogens is 360 g/mol. The number of amides is 1. The molecule has 0 fully saturated rings. The zero-order valence-corrected chi connectivity index (χ0v) is 15.2. The van der Waals surface area contributed by atoms with Gasteiger partial charge in [-0.15, -0.1) is 21.5 Å². The molecule has 0 unspecified atom stereocenters. The van der Waals surface area contributed by atoms with Gasteiger partial charge in [0.2, 0.25) is 11.0 Å². The lowest BCUT2D eigenvalue weighted by atomic mass is 10.1. The Balaban J connectivity index is 1.46. The third kappa shape index (κ3) is 4.80. The Morgan fingerprint density at radius 1 is 1.21 bits per heavy atom. The lowest BCUT2D eigenvalue weighted by molar-refractivity contribution is 0.100. The van der Waals surface area contributed by atoms with Gasteiger partial charge in [0, 0.05) is 22.7 Å². The first-order valence-corrected chi connectivity index (χ1v) is 10.0. The number of hydrogen-bond acceptors (Lipinski definition) is 7. The van der Waals surface area contributed by atoms with Crippen molar-refractivity contribution in [3.63, 3.8) is 0 Å². The van der Waals surface area contributed by atoms with Gasteiger partial charge in [-0.2, -0.15) is 0 Å². The molecule has 3 N–H and O–H groups in total. The van der Waals surface area contributed by atoms with E-state index in [1.165, 1.54) is 4.88 Å². The summed E-state index contributed by atoms with van der Waals surface area (Å²) in [5.74, 6) is 0.375. The molecule has 0 spiro atoms. The predicted molar refractivity (Wildman–Crippen MR) is 101 cm³/mol. The minimum absolute atomic E-state index is 0.406. The summed E-state index contributed by atoms with van der Waals surface area (Å²) in [6.45, 7) is 0.856. The van der Waals surface area contributed by atoms with Gasteiger partial charge in [0.25, 0.3) is 0 Å². The van der Waals surface area contributed by atoms with E-state index in [0.717, 1.165) is 33.8 Å². The SMILES string of the molecule is NC(=O)c1ccc(CSc2nnc(NCCc3cccs3)s2)cc1. The van der Waals surface area contributed by atoms with Crippen LogP contribution >= 0.6 is 34.4 Å². The Morgan fingerprint density at radius 2 is 2.04 bits per heavy atom. The zero-order chi connectivity index (χ0) is 16.8. The lowest BCUT2D eigenvalue weighted by Gasteiger charge is -2.00. The average molecular weight is 377 g/mol. The maximum absolute atomic E-state index is 11.0. The van der Waals surface area contributed by atoms with Crippen LogP contribution in [0.3, 0.4) is 0 Å². The fourth-order valence-electron chi connectivity index (χ4n) is 2.00. The molecule has 0 aliphatic carbocycles. The van der Waals surface area contributed by atoms with Crippen molar-refractivity contribution in [1.82, 2.24) is 10.2 Å². The summed E-state index contributed by atoms with van der Waals surface area (Å²) in [7, 11) is 0. The van der Waals surface area contributed by atoms with E-state index in [1.54, 1.807) is 46.6 Å². The fraction of sp³-hybridized carbons (Fsp3) is 0.188. The Bertz CT molecular complexity index is 784. The molecule has 0 radical (unpaired) electrons. The highest BCUT2D eigenvalue weighted by molar-refractivity contribution is 8.00. The maximum Gasteiger partial charge on any atom is 0.248 e. The van der Waals surface area contributed by atoms with Gasteiger partial charge in [-0.3, -0.25) is 4.79 Å². The Kier molecular flexibility index (Phi) is 5.84. The van der Waals surface area contributed by atoms with Gasteiger partial charge in [-0.1, -0.05) is 41.3 Å². The molecule has 3 aromatic rings. The van der Waals surface area contributed by atoms with Crippen LogP contribution in [0.15, 0.2) is 46.1 Å². The van der Waals surface area contributed by atoms with E-state index in [4.69, 9.17) is 5.73 Å². The lowest BCUT2D eigenvalue weighted by Crippen LogP contribution is -2.10. The molecule has 5 nitrogen and oxygen atoms in total. The number of thiophene rings is 1. The summed E-state index contributed by atoms with van der Waals surface area (Å²) in [5, 5.41) is 14.6. The largest absolute Gasteiger partial charge is 0.366 e. The zero-order valence-electron chi connectivity index (χ0n) is 12.8. The molecule has 0 aliphatic rings. The molecule has 8 heteroatoms. The number of carbonyl (C=O) groups is 1. The average Bonchev–Trinajstić information content (AvgIpc) is 3.25. The third-order valence-electron chi connectivity index (χ3n) is 3.23. The summed E-state index contributed by atoms with van der Waals surface area (Å²) >= 11 is 4.95. The number of rotatable bonds is 8. The van der Waals surface area contributed by atoms with Crippen LogP contribution in [-0.4, -0.2) is 22.6 Å². The van der Waals surface area contributed by atoms with Crippen LogP contribution in [-0.2, 0) is 12.2 Å². The van der Waals surface area contributed by atoms with E-state index in [1.807, 2.05) is 12.1 Å². The van der Waals surface area contributed by atoms with E-state index in [2.05, 4.69) is 33.0 Å². The molecule has 2 aromatic heterocycles. The predicted octanol–water partition coefficient (Wildman–Crippen LogP) is 3.65. The molecule has 0 atom stereocenters. The van der Waals surface area contributed by atoms with Crippen LogP contribution < -0.4 is 11.1 Å². The van der Waals surface area contributed by atoms with E-state index in [0.29, 0.717) is 5.56 Å². The van der Waals surface area contributed by atoms with E-state index >= 15 is 0 Å². The highest BCUT2D eigenvalue weighted by Crippen LogP contribution is 2.28. The molecule has 0 bridgehead atoms. The second-order valence-electron chi connectivity index (χ2n) is 4.98. The first-order chi connectivity index (χ1) is 11.7. The van der Waals surface area contributed by atoms with Gasteiger partial charge in [-0.05, 0) is 35.6 Å². The van der Waals surface area contributed by atoms with E-state index < -0.39 is 5.91 Å². The first-order valence-electron chi connectivity index (χ1n) is 7.32. The molecule has 124 valence electrons. The fourth-order valence-corrected chi connectivity index (χ4v) is 4.44. The smallest absolute Gasteiger partial charge is 0.248 e. The monoisotopic (exact) mass is 376 g/mol. The van der Waals surface area contributed by atoms with Crippen molar-refractivity contribution < 1.29 is 4.79 Å². The number of anilines is 1. The number of hydrogen-bond donors (Lipinski definition) is 2. The summed E-state index contributed by atoms with van der Waals surface area (Å²) in [6.07, 6.45) is 0.992. The normalized spacial score (nSPS) is 10.7. The number of nitrogens with zero attached hydrogens (tertiary/aromatic N) is 2. The molecule has 3 rings (SSSR count). The summed E-state index contributed by atoms with van der Waals surface area (Å²) in [5.41, 5.74) is 6.88. The molecule has 24 heavy (non-hydrogen) atoms. The Morgan fingerprint density at radius 3 is 2.75 bits per heavy atom. The molecule has 0 aliphatic heterocycles. The van der Waals surface area contributed by atoms with Crippen molar-refractivity contribution in [2.45, 2.75) is 16.5 Å². The first kappa shape index (κ1) is 16.9. The molecule has 1 aromatic carbocycles. The number of nitrogens with two attached hydrogens (primary N) is 1. The summed E-state index contributed by atoms with van der Waals surface area (Å²) in [4.78, 5) is 12.4. The minimum Gasteiger partial charge on any atom is -0.366 e. The third-order valence-corrected chi connectivity index (χ3v) is 6.26. The number of nitrogens with one attached hydrogen (secondary N) is 1. The van der Waals surface area contributed by atoms with Crippen molar-refractivity contribution in [2.75, 3.05) is 11.9 Å². The Hall–Kier alpha value is -1.90. The van der Waals surface area contributed by atoms with E-state index in [9.17, 15) is 4.79 Å². The second kappa shape index (κ2) is 8.27. The molecule has 0 saturated carbocycles. The number of primary amides is 1. The highest BCUT2D eigenvalue weighted by atomic mass is 32.2. The Labute approximate surface area is 152 Å². The van der Waals surface area contributed by atoms with Gasteiger partial charge in [0.1, 0.15) is 0 Å². The number of aromatic nitrogens is 2. The standard InChI is InChI=1S/C16H16N4OS3/c17-14(21)12-5-3-11(4-6-12)10-23-16-20-19-15(24-16)18-8-7-13-2-1-9-22-13/h1-6,9H,7-8,10H2,(H2,17,21)(H,18,19). The number of thioether (sulfide) groups is 1. The van der Waals surface area contributed by atoms with Crippen molar-refractivity contribution in [3.8, 4) is 0 Å². The van der Waals surface area contributed by atoms with Crippen LogP contribution in [0.1, 0.15) is 20.8 Å². The van der Waals surface area contributed by atoms with Crippen LogP contribution in [0.2, 0.25) is 0 Å². The highest BCUT2D eigenvalue weighted by Gasteiger charge is 2.06. The van der Waals surface area contributed by atoms with Gasteiger partial charge in [-0.25, -0.2) is 0 Å². The molecule has 2 heterocycles. The van der Waals surface area contributed by atoms with Gasteiger partial charge < -0.3 is 11.1 Å². The van der Waals surface area contributed by atoms with Gasteiger partial charge >= 0.3 is 0 Å². The van der Waals surface area contributed by atoms with Crippen molar-refractivity contribution in [3.05, 3.63) is 57.8 Å². The van der Waals surface area contributed by atoms with Crippen LogP contribution in [0.4, 0.5) is 5.13 Å². The summed E-state index contributed by atoms with van der Waals surface area (Å²) in [6, 6.07) is 11.5. The van der Waals surface area contributed by atoms with Crippen LogP contribution in [0.5, 0.6) is 0 Å². The molecular formula is C16H16N4OS3.